The van der Waals surface area contributed by atoms with Crippen molar-refractivity contribution in [3.63, 3.8) is 0 Å². The fourth-order valence-corrected chi connectivity index (χ4v) is 20.1. The summed E-state index contributed by atoms with van der Waals surface area (Å²) >= 11 is 0. The number of pyridine rings is 2. The van der Waals surface area contributed by atoms with E-state index in [0.717, 1.165) is 34.5 Å². The second-order valence-corrected chi connectivity index (χ2v) is 22.5. The summed E-state index contributed by atoms with van der Waals surface area (Å²) in [7, 11) is -2.96. The molecule has 0 saturated carbocycles. The minimum absolute atomic E-state index is 0.266. The molecule has 9 heterocycles. The summed E-state index contributed by atoms with van der Waals surface area (Å²) in [5, 5.41) is 8.14. The van der Waals surface area contributed by atoms with Gasteiger partial charge in [-0.1, -0.05) is 140 Å². The van der Waals surface area contributed by atoms with Crippen molar-refractivity contribution in [1.82, 2.24) is 9.27 Å². The third-order valence-corrected chi connectivity index (χ3v) is 21.5. The summed E-state index contributed by atoms with van der Waals surface area (Å²) in [5.41, 5.74) is 18.2. The molecule has 6 aliphatic heterocycles. The van der Waals surface area contributed by atoms with Crippen molar-refractivity contribution in [2.75, 3.05) is 4.90 Å². The SMILES string of the molecule is c1ccc2c(c1)-c1ccccc1C21c2ccc3c4c2-n2c5c1cccc5c1ccc[n+](c12)[N+]41c2ccccc2N2c4ccccc4[Si]4(c5ccccc5-c5ccccc54)c4ccc([n+]1c42)O3. The van der Waals surface area contributed by atoms with Gasteiger partial charge in [-0.05, 0) is 97.0 Å². The Morgan fingerprint density at radius 1 is 0.485 bits per heavy atom. The van der Waals surface area contributed by atoms with Gasteiger partial charge in [0, 0.05) is 43.7 Å². The number of para-hydroxylation sites is 4. The monoisotopic (exact) mass is 856 g/mol. The molecule has 7 aliphatic rings. The lowest BCUT2D eigenvalue weighted by molar-refractivity contribution is -1.03. The number of aromatic nitrogens is 3. The molecular weight excluding hydrogens is 823 g/mol. The van der Waals surface area contributed by atoms with Gasteiger partial charge < -0.3 is 4.74 Å². The number of fused-ring (bicyclic) bond motifs is 19. The summed E-state index contributed by atoms with van der Waals surface area (Å²) < 4.78 is 15.5. The first-order valence-electron chi connectivity index (χ1n) is 23.0. The molecule has 6 nitrogen and oxygen atoms in total. The van der Waals surface area contributed by atoms with Gasteiger partial charge in [0.05, 0.1) is 15.5 Å². The lowest BCUT2D eigenvalue weighted by Gasteiger charge is -2.46. The van der Waals surface area contributed by atoms with Gasteiger partial charge in [-0.25, -0.2) is 0 Å². The van der Waals surface area contributed by atoms with Crippen LogP contribution in [0.15, 0.2) is 206 Å². The van der Waals surface area contributed by atoms with Crippen LogP contribution in [0.5, 0.6) is 11.6 Å². The van der Waals surface area contributed by atoms with Crippen LogP contribution < -0.4 is 44.4 Å². The van der Waals surface area contributed by atoms with Crippen LogP contribution >= 0.6 is 0 Å². The predicted octanol–water partition coefficient (Wildman–Crippen LogP) is 9.47. The van der Waals surface area contributed by atoms with Crippen LogP contribution in [0.3, 0.4) is 0 Å². The maximum absolute atomic E-state index is 7.51. The van der Waals surface area contributed by atoms with Gasteiger partial charge in [-0.3, -0.25) is 0 Å². The molecule has 302 valence electrons. The van der Waals surface area contributed by atoms with Gasteiger partial charge in [0.2, 0.25) is 17.1 Å². The first-order valence-corrected chi connectivity index (χ1v) is 25.0. The molecule has 66 heavy (non-hydrogen) atoms. The summed E-state index contributed by atoms with van der Waals surface area (Å²) in [5.74, 6) is 2.83. The zero-order valence-electron chi connectivity index (χ0n) is 35.3. The Hall–Kier alpha value is -8.36. The average Bonchev–Trinajstić information content (AvgIpc) is 3.99. The number of nitrogens with zero attached hydrogens (tertiary/aromatic N) is 5. The summed E-state index contributed by atoms with van der Waals surface area (Å²) in [6.45, 7) is 0. The molecule has 0 N–H and O–H groups in total. The van der Waals surface area contributed by atoms with E-state index in [1.165, 1.54) is 98.6 Å². The topological polar surface area (TPSA) is 25.2 Å². The molecular formula is C59H34N5OSi+3. The smallest absolute Gasteiger partial charge is 0.350 e. The Labute approximate surface area is 379 Å². The van der Waals surface area contributed by atoms with Gasteiger partial charge >= 0.3 is 23.0 Å². The van der Waals surface area contributed by atoms with E-state index in [2.05, 4.69) is 225 Å². The first kappa shape index (κ1) is 33.2. The maximum Gasteiger partial charge on any atom is 0.350 e. The van der Waals surface area contributed by atoms with Crippen LogP contribution in [0.1, 0.15) is 22.3 Å². The van der Waals surface area contributed by atoms with Crippen molar-refractivity contribution in [2.45, 2.75) is 5.41 Å². The highest BCUT2D eigenvalue weighted by atomic mass is 28.3. The standard InChI is InChI=1S/C59H34N5OSi/c1-5-21-41-35(15-1)36-16-2-6-22-42(36)59(41)43-23-13-19-39-40-20-14-34-60-57(40)62(54(39)43)55-44(59)30-31-48-56(55)64(60)47-26-9-7-24-45(47)61-46-25-8-12-29-51(46)66(52-32-33-53(65-48)63(64)58(52)61)49-27-10-3-17-37(49)38-18-4-11-28-50(38)66/h1-34H/q+3. The van der Waals surface area contributed by atoms with Crippen molar-refractivity contribution in [3.8, 4) is 39.6 Å². The molecule has 18 rings (SSSR count). The highest BCUT2D eigenvalue weighted by Crippen LogP contribution is 2.66. The van der Waals surface area contributed by atoms with Crippen molar-refractivity contribution in [1.29, 1.82) is 0 Å². The zero-order valence-corrected chi connectivity index (χ0v) is 36.3. The van der Waals surface area contributed by atoms with Crippen molar-refractivity contribution < 1.29 is 14.1 Å². The molecule has 0 saturated heterocycles. The highest BCUT2D eigenvalue weighted by molar-refractivity contribution is 7.23. The van der Waals surface area contributed by atoms with Crippen LogP contribution in [0.4, 0.5) is 28.6 Å². The van der Waals surface area contributed by atoms with E-state index in [4.69, 9.17) is 4.74 Å². The Bertz CT molecular complexity index is 4120. The quantitative estimate of drug-likeness (QED) is 0.0864. The van der Waals surface area contributed by atoms with E-state index in [9.17, 15) is 0 Å². The summed E-state index contributed by atoms with van der Waals surface area (Å²) in [6.07, 6.45) is 2.33. The number of hydrogen-bond donors (Lipinski definition) is 0. The largest absolute Gasteiger partial charge is 0.412 e. The number of benzene rings is 8. The van der Waals surface area contributed by atoms with Crippen LogP contribution in [-0.2, 0) is 5.41 Å². The van der Waals surface area contributed by atoms with E-state index in [0.29, 0.717) is 0 Å². The maximum atomic E-state index is 7.51. The van der Waals surface area contributed by atoms with Gasteiger partial charge in [-0.15, -0.1) is 0 Å². The van der Waals surface area contributed by atoms with Crippen LogP contribution in [0.25, 0.3) is 49.9 Å². The normalized spacial score (nSPS) is 18.1. The fraction of sp³-hybridized carbons (Fsp3) is 0.0169. The van der Waals surface area contributed by atoms with Gasteiger partial charge in [0.15, 0.2) is 14.3 Å². The van der Waals surface area contributed by atoms with Gasteiger partial charge in [-0.2, -0.15) is 9.47 Å². The van der Waals surface area contributed by atoms with Crippen molar-refractivity contribution in [2.24, 2.45) is 0 Å². The molecule has 0 fully saturated rings. The molecule has 0 bridgehead atoms. The van der Waals surface area contributed by atoms with E-state index >= 15 is 0 Å². The van der Waals surface area contributed by atoms with Crippen LogP contribution in [0.2, 0.25) is 0 Å². The molecule has 1 aliphatic carbocycles. The third kappa shape index (κ3) is 3.10. The number of quaternary nitrogens is 1. The molecule has 8 aromatic carbocycles. The summed E-state index contributed by atoms with van der Waals surface area (Å²) in [6, 6.07) is 76.3. The Morgan fingerprint density at radius 3 is 1.89 bits per heavy atom. The third-order valence-electron chi connectivity index (χ3n) is 16.6. The predicted molar refractivity (Wildman–Crippen MR) is 262 cm³/mol. The first-order chi connectivity index (χ1) is 32.8. The van der Waals surface area contributed by atoms with E-state index in [1.54, 1.807) is 0 Å². The Morgan fingerprint density at radius 2 is 1.12 bits per heavy atom. The minimum atomic E-state index is -2.96. The highest BCUT2D eigenvalue weighted by Gasteiger charge is 2.72. The fourth-order valence-electron chi connectivity index (χ4n) is 14.6. The molecule has 11 aromatic rings. The van der Waals surface area contributed by atoms with Gasteiger partial charge in [0.25, 0.3) is 5.69 Å². The molecule has 7 heteroatoms. The van der Waals surface area contributed by atoms with E-state index in [1.807, 2.05) is 0 Å². The number of rotatable bonds is 0. The lowest BCUT2D eigenvalue weighted by atomic mass is 9.65. The molecule has 0 radical (unpaired) electrons. The van der Waals surface area contributed by atoms with Crippen LogP contribution in [0, 0.1) is 0 Å². The Balaban J connectivity index is 1.09. The van der Waals surface area contributed by atoms with E-state index in [-0.39, 0.29) is 4.70 Å². The van der Waals surface area contributed by atoms with Crippen molar-refractivity contribution in [3.05, 3.63) is 229 Å². The van der Waals surface area contributed by atoms with E-state index < -0.39 is 13.5 Å². The number of hydrogen-bond acceptors (Lipinski definition) is 2. The lowest BCUT2D eigenvalue weighted by Crippen LogP contribution is -2.89. The average molecular weight is 857 g/mol. The molecule has 1 unspecified atom stereocenters. The number of anilines is 3. The number of ether oxygens (including phenoxy) is 1. The molecule has 3 aromatic heterocycles. The van der Waals surface area contributed by atoms with Gasteiger partial charge in [0.1, 0.15) is 11.2 Å². The summed E-state index contributed by atoms with van der Waals surface area (Å²) in [4.78, 5) is 2.58. The molecule has 0 amide bonds. The second-order valence-electron chi connectivity index (χ2n) is 18.9. The Kier molecular flexibility index (Phi) is 5.33. The van der Waals surface area contributed by atoms with Crippen molar-refractivity contribution >= 4 is 79.3 Å². The van der Waals surface area contributed by atoms with Crippen LogP contribution in [-0.4, -0.2) is 12.6 Å². The second kappa shape index (κ2) is 10.6. The zero-order chi connectivity index (χ0) is 42.4. The molecule has 1 atom stereocenters. The molecule has 3 spiro atoms. The minimum Gasteiger partial charge on any atom is -0.412 e.